The van der Waals surface area contributed by atoms with Crippen LogP contribution < -0.4 is 5.32 Å². The van der Waals surface area contributed by atoms with Crippen molar-refractivity contribution in [1.29, 1.82) is 0 Å². The predicted octanol–water partition coefficient (Wildman–Crippen LogP) is 5.03. The lowest BCUT2D eigenvalue weighted by Gasteiger charge is -2.05. The van der Waals surface area contributed by atoms with E-state index < -0.39 is 0 Å². The maximum atomic E-state index is 12.1. The zero-order valence-electron chi connectivity index (χ0n) is 13.1. The molecule has 1 amide bonds. The first-order chi connectivity index (χ1) is 11.8. The zero-order valence-corrected chi connectivity index (χ0v) is 13.1. The van der Waals surface area contributed by atoms with Gasteiger partial charge in [0.2, 0.25) is 0 Å². The number of carbonyl (C=O) groups is 1. The average Bonchev–Trinajstić information content (AvgIpc) is 2.66. The van der Waals surface area contributed by atoms with Gasteiger partial charge in [-0.25, -0.2) is 0 Å². The fourth-order valence-corrected chi connectivity index (χ4v) is 2.17. The highest BCUT2D eigenvalue weighted by atomic mass is 16.1. The van der Waals surface area contributed by atoms with Crippen LogP contribution >= 0.6 is 0 Å². The molecule has 0 aromatic heterocycles. The van der Waals surface area contributed by atoms with E-state index in [0.29, 0.717) is 17.8 Å². The monoisotopic (exact) mass is 315 g/mol. The number of nitrogens with one attached hydrogen (secondary N) is 1. The third-order valence-corrected chi connectivity index (χ3v) is 3.46. The molecule has 0 saturated carbocycles. The molecule has 3 aromatic carbocycles. The zero-order chi connectivity index (χ0) is 16.6. The van der Waals surface area contributed by atoms with Crippen LogP contribution in [0.5, 0.6) is 0 Å². The first-order valence-corrected chi connectivity index (χ1v) is 7.70. The number of benzene rings is 3. The highest BCUT2D eigenvalue weighted by Crippen LogP contribution is 2.18. The number of nitrogens with zero attached hydrogens (tertiary/aromatic N) is 2. The van der Waals surface area contributed by atoms with Gasteiger partial charge < -0.3 is 5.32 Å². The highest BCUT2D eigenvalue weighted by Gasteiger charge is 2.04. The van der Waals surface area contributed by atoms with Crippen LogP contribution in [-0.2, 0) is 6.54 Å². The largest absolute Gasteiger partial charge is 0.348 e. The summed E-state index contributed by atoms with van der Waals surface area (Å²) in [5, 5.41) is 11.2. The molecule has 0 aliphatic rings. The van der Waals surface area contributed by atoms with Gasteiger partial charge in [0, 0.05) is 12.1 Å². The van der Waals surface area contributed by atoms with Crippen molar-refractivity contribution in [3.8, 4) is 0 Å². The lowest BCUT2D eigenvalue weighted by atomic mass is 10.2. The second-order valence-corrected chi connectivity index (χ2v) is 5.25. The molecule has 0 saturated heterocycles. The van der Waals surface area contributed by atoms with Crippen molar-refractivity contribution in [1.82, 2.24) is 5.32 Å². The van der Waals surface area contributed by atoms with Crippen LogP contribution in [0, 0.1) is 0 Å². The summed E-state index contributed by atoms with van der Waals surface area (Å²) in [6, 6.07) is 26.4. The summed E-state index contributed by atoms with van der Waals surface area (Å²) < 4.78 is 0. The molecular weight excluding hydrogens is 298 g/mol. The smallest absolute Gasteiger partial charge is 0.251 e. The van der Waals surface area contributed by atoms with Gasteiger partial charge in [0.1, 0.15) is 0 Å². The van der Waals surface area contributed by atoms with Crippen LogP contribution in [0.2, 0.25) is 0 Å². The summed E-state index contributed by atoms with van der Waals surface area (Å²) in [7, 11) is 0. The average molecular weight is 315 g/mol. The lowest BCUT2D eigenvalue weighted by Crippen LogP contribution is -2.22. The highest BCUT2D eigenvalue weighted by molar-refractivity contribution is 5.94. The number of hydrogen-bond acceptors (Lipinski definition) is 3. The normalized spacial score (nSPS) is 10.7. The quantitative estimate of drug-likeness (QED) is 0.659. The molecule has 4 heteroatoms. The third kappa shape index (κ3) is 4.36. The Hall–Kier alpha value is -3.27. The standard InChI is InChI=1S/C20H17N3O/c24-20(21-15-16-7-3-1-4-8-16)17-11-13-19(14-12-17)23-22-18-9-5-2-6-10-18/h1-14H,15H2,(H,21,24). The molecule has 0 fully saturated rings. The van der Waals surface area contributed by atoms with Crippen molar-refractivity contribution >= 4 is 17.3 Å². The summed E-state index contributed by atoms with van der Waals surface area (Å²) >= 11 is 0. The maximum absolute atomic E-state index is 12.1. The van der Waals surface area contributed by atoms with Gasteiger partial charge in [0.15, 0.2) is 0 Å². The Balaban J connectivity index is 1.59. The van der Waals surface area contributed by atoms with E-state index in [2.05, 4.69) is 15.5 Å². The van der Waals surface area contributed by atoms with Crippen LogP contribution in [0.3, 0.4) is 0 Å². The maximum Gasteiger partial charge on any atom is 0.251 e. The minimum absolute atomic E-state index is 0.106. The molecular formula is C20H17N3O. The molecule has 0 heterocycles. The molecule has 3 aromatic rings. The van der Waals surface area contributed by atoms with E-state index in [-0.39, 0.29) is 5.91 Å². The van der Waals surface area contributed by atoms with E-state index in [1.54, 1.807) is 24.3 Å². The molecule has 118 valence electrons. The van der Waals surface area contributed by atoms with Gasteiger partial charge in [0.05, 0.1) is 11.4 Å². The molecule has 3 rings (SSSR count). The fourth-order valence-electron chi connectivity index (χ4n) is 2.17. The van der Waals surface area contributed by atoms with Gasteiger partial charge >= 0.3 is 0 Å². The minimum atomic E-state index is -0.106. The molecule has 24 heavy (non-hydrogen) atoms. The topological polar surface area (TPSA) is 53.8 Å². The number of amides is 1. The fraction of sp³-hybridized carbons (Fsp3) is 0.0500. The summed E-state index contributed by atoms with van der Waals surface area (Å²) in [4.78, 5) is 12.1. The number of azo groups is 1. The molecule has 0 atom stereocenters. The van der Waals surface area contributed by atoms with Crippen LogP contribution in [-0.4, -0.2) is 5.91 Å². The Labute approximate surface area is 140 Å². The summed E-state index contributed by atoms with van der Waals surface area (Å²) in [5.74, 6) is -0.106. The number of hydrogen-bond donors (Lipinski definition) is 1. The van der Waals surface area contributed by atoms with E-state index >= 15 is 0 Å². The Bertz CT molecular complexity index is 813. The van der Waals surface area contributed by atoms with E-state index in [4.69, 9.17) is 0 Å². The summed E-state index contributed by atoms with van der Waals surface area (Å²) in [5.41, 5.74) is 3.17. The SMILES string of the molecule is O=C(NCc1ccccc1)c1ccc(N=Nc2ccccc2)cc1. The lowest BCUT2D eigenvalue weighted by molar-refractivity contribution is 0.0951. The molecule has 4 nitrogen and oxygen atoms in total. The van der Waals surface area contributed by atoms with Crippen molar-refractivity contribution in [2.45, 2.75) is 6.54 Å². The molecule has 0 radical (unpaired) electrons. The van der Waals surface area contributed by atoms with E-state index in [0.717, 1.165) is 11.3 Å². The Kier molecular flexibility index (Phi) is 5.10. The van der Waals surface area contributed by atoms with E-state index in [9.17, 15) is 4.79 Å². The first kappa shape index (κ1) is 15.6. The second kappa shape index (κ2) is 7.83. The van der Waals surface area contributed by atoms with Crippen LogP contribution in [0.15, 0.2) is 95.2 Å². The van der Waals surface area contributed by atoms with Gasteiger partial charge in [-0.3, -0.25) is 4.79 Å². The molecule has 0 bridgehead atoms. The van der Waals surface area contributed by atoms with Gasteiger partial charge in [-0.2, -0.15) is 10.2 Å². The first-order valence-electron chi connectivity index (χ1n) is 7.70. The van der Waals surface area contributed by atoms with E-state index in [1.165, 1.54) is 0 Å². The van der Waals surface area contributed by atoms with Crippen molar-refractivity contribution < 1.29 is 4.79 Å². The van der Waals surface area contributed by atoms with Crippen molar-refractivity contribution in [3.05, 3.63) is 96.1 Å². The van der Waals surface area contributed by atoms with E-state index in [1.807, 2.05) is 60.7 Å². The molecule has 0 aliphatic heterocycles. The third-order valence-electron chi connectivity index (χ3n) is 3.46. The van der Waals surface area contributed by atoms with Crippen LogP contribution in [0.1, 0.15) is 15.9 Å². The summed E-state index contributed by atoms with van der Waals surface area (Å²) in [6.45, 7) is 0.509. The van der Waals surface area contributed by atoms with Gasteiger partial charge in [-0.15, -0.1) is 0 Å². The predicted molar refractivity (Wildman–Crippen MR) is 94.7 cm³/mol. The minimum Gasteiger partial charge on any atom is -0.348 e. The molecule has 0 unspecified atom stereocenters. The molecule has 0 spiro atoms. The molecule has 0 aliphatic carbocycles. The Morgan fingerprint density at radius 2 is 1.25 bits per heavy atom. The Morgan fingerprint density at radius 3 is 1.88 bits per heavy atom. The van der Waals surface area contributed by atoms with Gasteiger partial charge in [0.25, 0.3) is 5.91 Å². The van der Waals surface area contributed by atoms with Gasteiger partial charge in [-0.1, -0.05) is 48.5 Å². The van der Waals surface area contributed by atoms with Crippen LogP contribution in [0.25, 0.3) is 0 Å². The number of rotatable bonds is 5. The van der Waals surface area contributed by atoms with Crippen LogP contribution in [0.4, 0.5) is 11.4 Å². The second-order valence-electron chi connectivity index (χ2n) is 5.25. The number of carbonyl (C=O) groups excluding carboxylic acids is 1. The summed E-state index contributed by atoms with van der Waals surface area (Å²) in [6.07, 6.45) is 0. The Morgan fingerprint density at radius 1 is 0.708 bits per heavy atom. The van der Waals surface area contributed by atoms with Crippen molar-refractivity contribution in [2.24, 2.45) is 10.2 Å². The van der Waals surface area contributed by atoms with Gasteiger partial charge in [-0.05, 0) is 42.0 Å². The van der Waals surface area contributed by atoms with Crippen molar-refractivity contribution in [2.75, 3.05) is 0 Å². The molecule has 1 N–H and O–H groups in total. The van der Waals surface area contributed by atoms with Crippen molar-refractivity contribution in [3.63, 3.8) is 0 Å².